The van der Waals surface area contributed by atoms with Crippen molar-refractivity contribution in [2.75, 3.05) is 6.61 Å². The first-order valence-electron chi connectivity index (χ1n) is 6.81. The lowest BCUT2D eigenvalue weighted by Gasteiger charge is -2.10. The number of nitriles is 1. The van der Waals surface area contributed by atoms with Crippen LogP contribution < -0.4 is 10.5 Å². The van der Waals surface area contributed by atoms with Gasteiger partial charge < -0.3 is 20.2 Å². The standard InChI is InChI=1S/C15H15ClN4O3/c1-9-10(8-23-20-9)3-2-4-22-12-5-11(7-17)14(13(16)6-12)15(18)19-21/h5-6,8,21H,2-4H2,1H3,(H2,18,19). The van der Waals surface area contributed by atoms with E-state index in [1.165, 1.54) is 12.1 Å². The Bertz CT molecular complexity index is 765. The lowest BCUT2D eigenvalue weighted by molar-refractivity contribution is 0.310. The van der Waals surface area contributed by atoms with Gasteiger partial charge in [-0.05, 0) is 31.9 Å². The Balaban J connectivity index is 2.02. The first kappa shape index (κ1) is 16.6. The van der Waals surface area contributed by atoms with E-state index in [9.17, 15) is 0 Å². The zero-order valence-electron chi connectivity index (χ0n) is 12.4. The molecule has 3 N–H and O–H groups in total. The first-order chi connectivity index (χ1) is 11.1. The number of hydrogen-bond donors (Lipinski definition) is 2. The summed E-state index contributed by atoms with van der Waals surface area (Å²) in [6.45, 7) is 2.32. The summed E-state index contributed by atoms with van der Waals surface area (Å²) in [6.07, 6.45) is 3.14. The molecule has 1 aromatic heterocycles. The third-order valence-corrected chi connectivity index (χ3v) is 3.55. The Morgan fingerprint density at radius 1 is 1.57 bits per heavy atom. The Hall–Kier alpha value is -2.72. The number of amidine groups is 1. The molecule has 2 aromatic rings. The average molecular weight is 335 g/mol. The number of rotatable bonds is 6. The van der Waals surface area contributed by atoms with E-state index in [1.807, 2.05) is 13.0 Å². The molecule has 0 spiro atoms. The molecule has 2 rings (SSSR count). The fourth-order valence-corrected chi connectivity index (χ4v) is 2.38. The van der Waals surface area contributed by atoms with Crippen LogP contribution in [0.25, 0.3) is 0 Å². The second-order valence-corrected chi connectivity index (χ2v) is 5.21. The number of aromatic nitrogens is 1. The third kappa shape index (κ3) is 3.93. The fourth-order valence-electron chi connectivity index (χ4n) is 2.07. The zero-order chi connectivity index (χ0) is 16.8. The summed E-state index contributed by atoms with van der Waals surface area (Å²) in [5.74, 6) is 0.226. The van der Waals surface area contributed by atoms with Gasteiger partial charge in [0.25, 0.3) is 0 Å². The fraction of sp³-hybridized carbons (Fsp3) is 0.267. The number of nitrogens with two attached hydrogens (primary N) is 1. The second-order valence-electron chi connectivity index (χ2n) is 4.80. The molecule has 0 atom stereocenters. The van der Waals surface area contributed by atoms with Crippen LogP contribution in [0.15, 0.2) is 28.1 Å². The van der Waals surface area contributed by atoms with Crippen LogP contribution in [0.1, 0.15) is 28.8 Å². The van der Waals surface area contributed by atoms with E-state index in [2.05, 4.69) is 10.3 Å². The van der Waals surface area contributed by atoms with E-state index >= 15 is 0 Å². The quantitative estimate of drug-likeness (QED) is 0.275. The van der Waals surface area contributed by atoms with Crippen molar-refractivity contribution >= 4 is 17.4 Å². The molecule has 0 bridgehead atoms. The first-order valence-corrected chi connectivity index (χ1v) is 7.18. The van der Waals surface area contributed by atoms with Crippen molar-refractivity contribution in [3.63, 3.8) is 0 Å². The topological polar surface area (TPSA) is 118 Å². The van der Waals surface area contributed by atoms with E-state index in [0.717, 1.165) is 24.1 Å². The maximum Gasteiger partial charge on any atom is 0.172 e. The van der Waals surface area contributed by atoms with Crippen LogP contribution in [0.3, 0.4) is 0 Å². The summed E-state index contributed by atoms with van der Waals surface area (Å²) in [6, 6.07) is 4.99. The Labute approximate surface area is 137 Å². The number of hydrogen-bond acceptors (Lipinski definition) is 6. The van der Waals surface area contributed by atoms with Crippen molar-refractivity contribution in [2.24, 2.45) is 10.9 Å². The molecule has 23 heavy (non-hydrogen) atoms. The number of nitrogens with zero attached hydrogens (tertiary/aromatic N) is 3. The summed E-state index contributed by atoms with van der Waals surface area (Å²) in [5, 5.41) is 24.8. The van der Waals surface area contributed by atoms with Crippen molar-refractivity contribution in [1.29, 1.82) is 5.26 Å². The van der Waals surface area contributed by atoms with Crippen molar-refractivity contribution in [3.8, 4) is 11.8 Å². The summed E-state index contributed by atoms with van der Waals surface area (Å²) in [5.41, 5.74) is 7.78. The van der Waals surface area contributed by atoms with Gasteiger partial charge in [-0.1, -0.05) is 21.9 Å². The van der Waals surface area contributed by atoms with Gasteiger partial charge in [-0.3, -0.25) is 0 Å². The molecule has 0 saturated carbocycles. The smallest absolute Gasteiger partial charge is 0.172 e. The average Bonchev–Trinajstić information content (AvgIpc) is 2.95. The van der Waals surface area contributed by atoms with E-state index in [-0.39, 0.29) is 22.0 Å². The van der Waals surface area contributed by atoms with Crippen LogP contribution in [-0.2, 0) is 6.42 Å². The van der Waals surface area contributed by atoms with Crippen LogP contribution >= 0.6 is 11.6 Å². The monoisotopic (exact) mass is 334 g/mol. The summed E-state index contributed by atoms with van der Waals surface area (Å²) >= 11 is 6.08. The summed E-state index contributed by atoms with van der Waals surface area (Å²) in [7, 11) is 0. The van der Waals surface area contributed by atoms with Crippen molar-refractivity contribution in [2.45, 2.75) is 19.8 Å². The lowest BCUT2D eigenvalue weighted by Crippen LogP contribution is -2.15. The highest BCUT2D eigenvalue weighted by Crippen LogP contribution is 2.26. The van der Waals surface area contributed by atoms with Gasteiger partial charge in [0.2, 0.25) is 0 Å². The van der Waals surface area contributed by atoms with Gasteiger partial charge in [-0.2, -0.15) is 5.26 Å². The molecule has 8 heteroatoms. The molecule has 0 amide bonds. The van der Waals surface area contributed by atoms with Gasteiger partial charge in [-0.15, -0.1) is 0 Å². The van der Waals surface area contributed by atoms with Gasteiger partial charge in [0.05, 0.1) is 28.5 Å². The van der Waals surface area contributed by atoms with Crippen molar-refractivity contribution in [1.82, 2.24) is 5.16 Å². The second kappa shape index (κ2) is 7.51. The minimum absolute atomic E-state index is 0.178. The maximum atomic E-state index is 9.17. The highest BCUT2D eigenvalue weighted by molar-refractivity contribution is 6.34. The van der Waals surface area contributed by atoms with Gasteiger partial charge >= 0.3 is 0 Å². The molecule has 7 nitrogen and oxygen atoms in total. The Morgan fingerprint density at radius 2 is 2.35 bits per heavy atom. The predicted molar refractivity (Wildman–Crippen MR) is 83.7 cm³/mol. The maximum absolute atomic E-state index is 9.17. The molecule has 0 unspecified atom stereocenters. The Morgan fingerprint density at radius 3 is 2.96 bits per heavy atom. The number of aryl methyl sites for hydroxylation is 2. The molecular formula is C15H15ClN4O3. The molecule has 120 valence electrons. The third-order valence-electron chi connectivity index (χ3n) is 3.26. The number of halogens is 1. The predicted octanol–water partition coefficient (Wildman–Crippen LogP) is 2.61. The highest BCUT2D eigenvalue weighted by Gasteiger charge is 2.14. The minimum atomic E-state index is -0.221. The molecule has 0 aliphatic heterocycles. The number of benzene rings is 1. The van der Waals surface area contributed by atoms with E-state index < -0.39 is 0 Å². The summed E-state index contributed by atoms with van der Waals surface area (Å²) in [4.78, 5) is 0. The van der Waals surface area contributed by atoms with Gasteiger partial charge in [0.15, 0.2) is 5.84 Å². The number of ether oxygens (including phenoxy) is 1. The number of oxime groups is 1. The van der Waals surface area contributed by atoms with Gasteiger partial charge in [0.1, 0.15) is 18.1 Å². The molecule has 0 fully saturated rings. The van der Waals surface area contributed by atoms with Crippen LogP contribution in [0, 0.1) is 18.3 Å². The zero-order valence-corrected chi connectivity index (χ0v) is 13.2. The van der Waals surface area contributed by atoms with Crippen LogP contribution in [-0.4, -0.2) is 22.8 Å². The summed E-state index contributed by atoms with van der Waals surface area (Å²) < 4.78 is 10.5. The highest BCUT2D eigenvalue weighted by atomic mass is 35.5. The Kier molecular flexibility index (Phi) is 5.44. The van der Waals surface area contributed by atoms with Gasteiger partial charge in [-0.25, -0.2) is 0 Å². The van der Waals surface area contributed by atoms with Crippen LogP contribution in [0.4, 0.5) is 0 Å². The molecule has 0 saturated heterocycles. The molecule has 1 aromatic carbocycles. The molecule has 0 aliphatic carbocycles. The van der Waals surface area contributed by atoms with Crippen molar-refractivity contribution in [3.05, 3.63) is 45.8 Å². The SMILES string of the molecule is Cc1nocc1CCCOc1cc(Cl)c(C(N)=NO)c(C#N)c1. The molecule has 1 heterocycles. The van der Waals surface area contributed by atoms with Crippen LogP contribution in [0.5, 0.6) is 5.75 Å². The molecular weight excluding hydrogens is 320 g/mol. The molecule has 0 radical (unpaired) electrons. The largest absolute Gasteiger partial charge is 0.493 e. The van der Waals surface area contributed by atoms with Gasteiger partial charge in [0, 0.05) is 5.56 Å². The minimum Gasteiger partial charge on any atom is -0.493 e. The van der Waals surface area contributed by atoms with E-state index in [1.54, 1.807) is 6.26 Å². The van der Waals surface area contributed by atoms with Crippen molar-refractivity contribution < 1.29 is 14.5 Å². The normalized spacial score (nSPS) is 11.3. The molecule has 0 aliphatic rings. The van der Waals surface area contributed by atoms with Crippen LogP contribution in [0.2, 0.25) is 5.02 Å². The lowest BCUT2D eigenvalue weighted by atomic mass is 10.1. The van der Waals surface area contributed by atoms with E-state index in [0.29, 0.717) is 12.4 Å². The van der Waals surface area contributed by atoms with E-state index in [4.69, 9.17) is 37.1 Å².